The zero-order valence-electron chi connectivity index (χ0n) is 14.2. The van der Waals surface area contributed by atoms with E-state index in [-0.39, 0.29) is 5.91 Å². The Morgan fingerprint density at radius 2 is 1.83 bits per heavy atom. The molecule has 5 heteroatoms. The minimum Gasteiger partial charge on any atom is -0.462 e. The molecule has 1 amide bonds. The largest absolute Gasteiger partial charge is 0.462 e. The molecule has 0 unspecified atom stereocenters. The van der Waals surface area contributed by atoms with E-state index in [2.05, 4.69) is 10.3 Å². The summed E-state index contributed by atoms with van der Waals surface area (Å²) in [5, 5.41) is 2.86. The summed E-state index contributed by atoms with van der Waals surface area (Å²) in [4.78, 5) is 27.5. The Morgan fingerprint density at radius 3 is 2.43 bits per heavy atom. The molecule has 1 aromatic heterocycles. The predicted molar refractivity (Wildman–Crippen MR) is 90.1 cm³/mol. The fourth-order valence-electron chi connectivity index (χ4n) is 2.50. The van der Waals surface area contributed by atoms with Crippen LogP contribution in [0.15, 0.2) is 18.2 Å². The lowest BCUT2D eigenvalue weighted by Crippen LogP contribution is -2.14. The number of benzene rings is 1. The molecule has 0 atom stereocenters. The summed E-state index contributed by atoms with van der Waals surface area (Å²) in [5.41, 5.74) is 5.03. The molecule has 0 spiro atoms. The molecule has 23 heavy (non-hydrogen) atoms. The van der Waals surface area contributed by atoms with Gasteiger partial charge in [0, 0.05) is 11.4 Å². The summed E-state index contributed by atoms with van der Waals surface area (Å²) in [6, 6.07) is 5.74. The molecule has 2 N–H and O–H groups in total. The van der Waals surface area contributed by atoms with Gasteiger partial charge in [-0.3, -0.25) is 4.79 Å². The quantitative estimate of drug-likeness (QED) is 0.846. The Kier molecular flexibility index (Phi) is 4.89. The smallest absolute Gasteiger partial charge is 0.340 e. The maximum atomic E-state index is 12.5. The molecule has 1 aromatic carbocycles. The molecule has 1 heterocycles. The van der Waals surface area contributed by atoms with Gasteiger partial charge in [0.05, 0.1) is 12.2 Å². The Balaban J connectivity index is 2.28. The van der Waals surface area contributed by atoms with E-state index in [9.17, 15) is 9.59 Å². The number of aromatic amines is 1. The highest BCUT2D eigenvalue weighted by Gasteiger charge is 2.22. The number of H-pyrrole nitrogens is 1. The van der Waals surface area contributed by atoms with Crippen LogP contribution in [0.5, 0.6) is 0 Å². The van der Waals surface area contributed by atoms with Crippen LogP contribution in [0.4, 0.5) is 5.69 Å². The Hall–Kier alpha value is -2.56. The Bertz CT molecular complexity index is 760. The zero-order valence-corrected chi connectivity index (χ0v) is 14.2. The maximum Gasteiger partial charge on any atom is 0.340 e. The van der Waals surface area contributed by atoms with E-state index < -0.39 is 5.97 Å². The van der Waals surface area contributed by atoms with Crippen molar-refractivity contribution in [3.05, 3.63) is 51.8 Å². The molecule has 0 aliphatic rings. The molecule has 0 aliphatic carbocycles. The van der Waals surface area contributed by atoms with Crippen molar-refractivity contribution in [2.24, 2.45) is 0 Å². The lowest BCUT2D eigenvalue weighted by molar-refractivity contribution is 0.0525. The number of esters is 1. The van der Waals surface area contributed by atoms with Gasteiger partial charge in [0.15, 0.2) is 0 Å². The summed E-state index contributed by atoms with van der Waals surface area (Å²) in [7, 11) is 0. The third kappa shape index (κ3) is 3.44. The van der Waals surface area contributed by atoms with E-state index in [1.54, 1.807) is 20.8 Å². The molecule has 0 radical (unpaired) electrons. The first-order valence-corrected chi connectivity index (χ1v) is 7.60. The second-order valence-corrected chi connectivity index (χ2v) is 5.60. The molecule has 0 bridgehead atoms. The third-order valence-corrected chi connectivity index (χ3v) is 3.91. The summed E-state index contributed by atoms with van der Waals surface area (Å²) in [6.07, 6.45) is 0. The highest BCUT2D eigenvalue weighted by molar-refractivity contribution is 6.06. The van der Waals surface area contributed by atoms with Crippen molar-refractivity contribution < 1.29 is 14.3 Å². The Morgan fingerprint density at radius 1 is 1.13 bits per heavy atom. The van der Waals surface area contributed by atoms with Crippen LogP contribution >= 0.6 is 0 Å². The van der Waals surface area contributed by atoms with Gasteiger partial charge in [0.1, 0.15) is 5.69 Å². The number of rotatable bonds is 4. The molecule has 122 valence electrons. The van der Waals surface area contributed by atoms with Gasteiger partial charge >= 0.3 is 5.97 Å². The van der Waals surface area contributed by atoms with Crippen molar-refractivity contribution in [3.63, 3.8) is 0 Å². The van der Waals surface area contributed by atoms with E-state index in [0.717, 1.165) is 11.3 Å². The summed E-state index contributed by atoms with van der Waals surface area (Å²) >= 11 is 0. The van der Waals surface area contributed by atoms with E-state index >= 15 is 0 Å². The number of nitrogens with one attached hydrogen (secondary N) is 2. The summed E-state index contributed by atoms with van der Waals surface area (Å²) in [6.45, 7) is 9.56. The van der Waals surface area contributed by atoms with Crippen LogP contribution in [0.1, 0.15) is 50.2 Å². The van der Waals surface area contributed by atoms with Crippen LogP contribution in [-0.2, 0) is 4.74 Å². The minimum atomic E-state index is -0.413. The van der Waals surface area contributed by atoms with E-state index in [0.29, 0.717) is 29.1 Å². The molecular weight excluding hydrogens is 292 g/mol. The van der Waals surface area contributed by atoms with Crippen molar-refractivity contribution in [2.45, 2.75) is 34.6 Å². The second-order valence-electron chi connectivity index (χ2n) is 5.60. The van der Waals surface area contributed by atoms with Gasteiger partial charge in [-0.2, -0.15) is 0 Å². The maximum absolute atomic E-state index is 12.5. The number of hydrogen-bond donors (Lipinski definition) is 2. The van der Waals surface area contributed by atoms with E-state index in [4.69, 9.17) is 4.74 Å². The first-order chi connectivity index (χ1) is 10.8. The van der Waals surface area contributed by atoms with Crippen LogP contribution in [0, 0.1) is 27.7 Å². The highest BCUT2D eigenvalue weighted by Crippen LogP contribution is 2.21. The minimum absolute atomic E-state index is 0.274. The summed E-state index contributed by atoms with van der Waals surface area (Å²) in [5.74, 6) is -0.687. The fraction of sp³-hybridized carbons (Fsp3) is 0.333. The number of carbonyl (C=O) groups excluding carboxylic acids is 2. The van der Waals surface area contributed by atoms with Gasteiger partial charge in [-0.25, -0.2) is 4.79 Å². The molecule has 0 saturated heterocycles. The normalized spacial score (nSPS) is 10.5. The van der Waals surface area contributed by atoms with Crippen LogP contribution < -0.4 is 5.32 Å². The second kappa shape index (κ2) is 6.69. The zero-order chi connectivity index (χ0) is 17.1. The standard InChI is InChI=1S/C18H22N2O3/c1-6-23-18(22)15-12(4)16(19-13(15)5)17(21)20-14-8-7-10(2)11(3)9-14/h7-9,19H,6H2,1-5H3,(H,20,21). The van der Waals surface area contributed by atoms with Crippen molar-refractivity contribution in [2.75, 3.05) is 11.9 Å². The average molecular weight is 314 g/mol. The molecule has 0 aliphatic heterocycles. The molecule has 0 fully saturated rings. The molecule has 5 nitrogen and oxygen atoms in total. The van der Waals surface area contributed by atoms with Crippen molar-refractivity contribution >= 4 is 17.6 Å². The Labute approximate surface area is 136 Å². The van der Waals surface area contributed by atoms with Crippen molar-refractivity contribution in [3.8, 4) is 0 Å². The monoisotopic (exact) mass is 314 g/mol. The van der Waals surface area contributed by atoms with Crippen molar-refractivity contribution in [1.29, 1.82) is 0 Å². The van der Waals surface area contributed by atoms with E-state index in [1.165, 1.54) is 5.56 Å². The number of anilines is 1. The first-order valence-electron chi connectivity index (χ1n) is 7.60. The van der Waals surface area contributed by atoms with Gasteiger partial charge in [-0.15, -0.1) is 0 Å². The van der Waals surface area contributed by atoms with Gasteiger partial charge in [-0.1, -0.05) is 6.07 Å². The predicted octanol–water partition coefficient (Wildman–Crippen LogP) is 3.68. The first kappa shape index (κ1) is 16.8. The van der Waals surface area contributed by atoms with Crippen LogP contribution in [-0.4, -0.2) is 23.5 Å². The molecule has 0 saturated carbocycles. The fourth-order valence-corrected chi connectivity index (χ4v) is 2.50. The van der Waals surface area contributed by atoms with Crippen molar-refractivity contribution in [1.82, 2.24) is 4.98 Å². The number of amides is 1. The lowest BCUT2D eigenvalue weighted by Gasteiger charge is -2.07. The van der Waals surface area contributed by atoms with Gasteiger partial charge in [0.25, 0.3) is 5.91 Å². The topological polar surface area (TPSA) is 71.2 Å². The van der Waals surface area contributed by atoms with Crippen LogP contribution in [0.2, 0.25) is 0 Å². The summed E-state index contributed by atoms with van der Waals surface area (Å²) < 4.78 is 5.04. The van der Waals surface area contributed by atoms with Gasteiger partial charge in [-0.05, 0) is 63.4 Å². The molecule has 2 rings (SSSR count). The van der Waals surface area contributed by atoms with Crippen LogP contribution in [0.25, 0.3) is 0 Å². The number of carbonyl (C=O) groups is 2. The highest BCUT2D eigenvalue weighted by atomic mass is 16.5. The SMILES string of the molecule is CCOC(=O)c1c(C)[nH]c(C(=O)Nc2ccc(C)c(C)c2)c1C. The number of ether oxygens (including phenoxy) is 1. The molecule has 2 aromatic rings. The molecular formula is C18H22N2O3. The number of hydrogen-bond acceptors (Lipinski definition) is 3. The van der Waals surface area contributed by atoms with Gasteiger partial charge < -0.3 is 15.0 Å². The van der Waals surface area contributed by atoms with Gasteiger partial charge in [0.2, 0.25) is 0 Å². The number of aromatic nitrogens is 1. The lowest BCUT2D eigenvalue weighted by atomic mass is 10.1. The van der Waals surface area contributed by atoms with Crippen LogP contribution in [0.3, 0.4) is 0 Å². The average Bonchev–Trinajstić information content (AvgIpc) is 2.78. The third-order valence-electron chi connectivity index (χ3n) is 3.91. The number of aryl methyl sites for hydroxylation is 3. The van der Waals surface area contributed by atoms with E-state index in [1.807, 2.05) is 32.0 Å².